The van der Waals surface area contributed by atoms with Crippen LogP contribution in [0.3, 0.4) is 0 Å². The smallest absolute Gasteiger partial charge is 0.255 e. The van der Waals surface area contributed by atoms with Gasteiger partial charge in [-0.1, -0.05) is 54.1 Å². The van der Waals surface area contributed by atoms with Crippen molar-refractivity contribution >= 4 is 29.1 Å². The van der Waals surface area contributed by atoms with Crippen molar-refractivity contribution in [3.05, 3.63) is 113 Å². The first-order valence-corrected chi connectivity index (χ1v) is 11.2. The molecule has 1 aliphatic heterocycles. The molecule has 0 bridgehead atoms. The van der Waals surface area contributed by atoms with Gasteiger partial charge in [-0.05, 0) is 54.4 Å². The van der Waals surface area contributed by atoms with Crippen molar-refractivity contribution < 1.29 is 9.53 Å². The fraction of sp³-hybridized carbons (Fsp3) is 0.115. The molecule has 5 rings (SSSR count). The minimum absolute atomic E-state index is 0.213. The maximum absolute atomic E-state index is 13.4. The number of nitrogens with zero attached hydrogens (tertiary/aromatic N) is 3. The first-order chi connectivity index (χ1) is 16.6. The van der Waals surface area contributed by atoms with Crippen molar-refractivity contribution in [2.75, 3.05) is 10.6 Å². The van der Waals surface area contributed by atoms with E-state index in [1.165, 1.54) is 6.33 Å². The number of carbonyl (C=O) groups excluding carboxylic acids is 1. The third-order valence-corrected chi connectivity index (χ3v) is 5.82. The normalized spacial score (nSPS) is 14.8. The van der Waals surface area contributed by atoms with Gasteiger partial charge in [0.25, 0.3) is 5.91 Å². The van der Waals surface area contributed by atoms with E-state index in [-0.39, 0.29) is 5.91 Å². The molecular weight excluding hydrogens is 450 g/mol. The summed E-state index contributed by atoms with van der Waals surface area (Å²) in [4.78, 5) is 17.7. The Morgan fingerprint density at radius 1 is 1.09 bits per heavy atom. The fourth-order valence-corrected chi connectivity index (χ4v) is 4.06. The zero-order chi connectivity index (χ0) is 23.5. The van der Waals surface area contributed by atoms with Crippen LogP contribution in [0.4, 0.5) is 11.6 Å². The van der Waals surface area contributed by atoms with E-state index in [2.05, 4.69) is 20.7 Å². The fourth-order valence-electron chi connectivity index (χ4n) is 3.93. The van der Waals surface area contributed by atoms with Crippen LogP contribution < -0.4 is 15.4 Å². The summed E-state index contributed by atoms with van der Waals surface area (Å²) >= 11 is 5.97. The number of rotatable bonds is 6. The maximum atomic E-state index is 13.4. The van der Waals surface area contributed by atoms with Crippen molar-refractivity contribution in [3.8, 4) is 5.75 Å². The molecule has 1 aromatic heterocycles. The molecule has 7 nitrogen and oxygen atoms in total. The van der Waals surface area contributed by atoms with Crippen molar-refractivity contribution in [3.63, 3.8) is 0 Å². The SMILES string of the molecule is CC1=C(C(=O)Nc2ccccc2)[C@@H](c2cccc(OCc3ccc(Cl)cc3)c2)n2ncnc2N1. The summed E-state index contributed by atoms with van der Waals surface area (Å²) in [5.74, 6) is 1.05. The van der Waals surface area contributed by atoms with Crippen molar-refractivity contribution in [1.82, 2.24) is 14.8 Å². The number of fused-ring (bicyclic) bond motifs is 1. The van der Waals surface area contributed by atoms with Gasteiger partial charge in [-0.3, -0.25) is 4.79 Å². The minimum atomic E-state index is -0.471. The molecule has 4 aromatic rings. The van der Waals surface area contributed by atoms with Crippen LogP contribution in [0.25, 0.3) is 0 Å². The predicted molar refractivity (Wildman–Crippen MR) is 132 cm³/mol. The van der Waals surface area contributed by atoms with E-state index in [1.54, 1.807) is 4.68 Å². The number of nitrogens with one attached hydrogen (secondary N) is 2. The average molecular weight is 472 g/mol. The molecule has 0 unspecified atom stereocenters. The second-order valence-electron chi connectivity index (χ2n) is 7.90. The van der Waals surface area contributed by atoms with Gasteiger partial charge in [-0.15, -0.1) is 0 Å². The molecule has 0 spiro atoms. The molecular formula is C26H22ClN5O2. The summed E-state index contributed by atoms with van der Waals surface area (Å²) in [7, 11) is 0. The molecule has 0 fully saturated rings. The summed E-state index contributed by atoms with van der Waals surface area (Å²) in [6.07, 6.45) is 1.47. The Labute approximate surface area is 202 Å². The number of amides is 1. The average Bonchev–Trinajstić information content (AvgIpc) is 3.31. The van der Waals surface area contributed by atoms with Gasteiger partial charge in [-0.2, -0.15) is 10.1 Å². The first-order valence-electron chi connectivity index (χ1n) is 10.8. The summed E-state index contributed by atoms with van der Waals surface area (Å²) in [6, 6.07) is 24.1. The van der Waals surface area contributed by atoms with Crippen molar-refractivity contribution in [1.29, 1.82) is 0 Å². The number of hydrogen-bond acceptors (Lipinski definition) is 5. The summed E-state index contributed by atoms with van der Waals surface area (Å²) in [5.41, 5.74) is 3.85. The van der Waals surface area contributed by atoms with Gasteiger partial charge in [0.2, 0.25) is 5.95 Å². The van der Waals surface area contributed by atoms with E-state index in [9.17, 15) is 4.79 Å². The molecule has 2 heterocycles. The van der Waals surface area contributed by atoms with Gasteiger partial charge >= 0.3 is 0 Å². The highest BCUT2D eigenvalue weighted by molar-refractivity contribution is 6.30. The lowest BCUT2D eigenvalue weighted by atomic mass is 9.95. The van der Waals surface area contributed by atoms with E-state index in [0.717, 1.165) is 16.8 Å². The molecule has 1 aliphatic rings. The Morgan fingerprint density at radius 2 is 1.88 bits per heavy atom. The zero-order valence-corrected chi connectivity index (χ0v) is 19.2. The first kappa shape index (κ1) is 21.7. The van der Waals surface area contributed by atoms with Crippen LogP contribution in [-0.2, 0) is 11.4 Å². The molecule has 1 amide bonds. The van der Waals surface area contributed by atoms with Gasteiger partial charge < -0.3 is 15.4 Å². The largest absolute Gasteiger partial charge is 0.489 e. The number of hydrogen-bond donors (Lipinski definition) is 2. The van der Waals surface area contributed by atoms with E-state index in [0.29, 0.717) is 34.6 Å². The van der Waals surface area contributed by atoms with Crippen LogP contribution >= 0.6 is 11.6 Å². The van der Waals surface area contributed by atoms with Crippen LogP contribution in [-0.4, -0.2) is 20.7 Å². The van der Waals surface area contributed by atoms with Gasteiger partial charge in [0.1, 0.15) is 24.7 Å². The predicted octanol–water partition coefficient (Wildman–Crippen LogP) is 5.44. The third kappa shape index (κ3) is 4.51. The van der Waals surface area contributed by atoms with Crippen LogP contribution in [0.1, 0.15) is 24.1 Å². The summed E-state index contributed by atoms with van der Waals surface area (Å²) < 4.78 is 7.74. The van der Waals surface area contributed by atoms with Gasteiger partial charge in [0.05, 0.1) is 5.57 Å². The number of halogens is 1. The lowest BCUT2D eigenvalue weighted by molar-refractivity contribution is -0.113. The van der Waals surface area contributed by atoms with Gasteiger partial charge in [0.15, 0.2) is 0 Å². The van der Waals surface area contributed by atoms with Crippen LogP contribution in [0.15, 0.2) is 96.5 Å². The maximum Gasteiger partial charge on any atom is 0.255 e. The Balaban J connectivity index is 1.45. The quantitative estimate of drug-likeness (QED) is 0.391. The Morgan fingerprint density at radius 3 is 2.68 bits per heavy atom. The van der Waals surface area contributed by atoms with Gasteiger partial charge in [-0.25, -0.2) is 4.68 Å². The molecule has 34 heavy (non-hydrogen) atoms. The molecule has 0 radical (unpaired) electrons. The van der Waals surface area contributed by atoms with Crippen molar-refractivity contribution in [2.45, 2.75) is 19.6 Å². The highest BCUT2D eigenvalue weighted by atomic mass is 35.5. The lowest BCUT2D eigenvalue weighted by Gasteiger charge is -2.29. The molecule has 0 aliphatic carbocycles. The summed E-state index contributed by atoms with van der Waals surface area (Å²) in [6.45, 7) is 2.27. The Bertz CT molecular complexity index is 1350. The number of para-hydroxylation sites is 1. The highest BCUT2D eigenvalue weighted by Gasteiger charge is 2.33. The standard InChI is InChI=1S/C26H22ClN5O2/c1-17-23(25(33)31-21-7-3-2-4-8-21)24(32-26(30-17)28-16-29-32)19-6-5-9-22(14-19)34-15-18-10-12-20(27)13-11-18/h2-14,16,24H,15H2,1H3,(H,31,33)(H,28,29,30)/t24-/m1/s1. The molecule has 170 valence electrons. The number of anilines is 2. The van der Waals surface area contributed by atoms with E-state index in [4.69, 9.17) is 16.3 Å². The third-order valence-electron chi connectivity index (χ3n) is 5.56. The van der Waals surface area contributed by atoms with E-state index < -0.39 is 6.04 Å². The Hall–Kier alpha value is -4.10. The van der Waals surface area contributed by atoms with Crippen LogP contribution in [0, 0.1) is 0 Å². The number of ether oxygens (including phenoxy) is 1. The summed E-state index contributed by atoms with van der Waals surface area (Å²) in [5, 5.41) is 11.3. The molecule has 0 saturated heterocycles. The van der Waals surface area contributed by atoms with Crippen molar-refractivity contribution in [2.24, 2.45) is 0 Å². The van der Waals surface area contributed by atoms with Gasteiger partial charge in [0, 0.05) is 16.4 Å². The van der Waals surface area contributed by atoms with E-state index >= 15 is 0 Å². The zero-order valence-electron chi connectivity index (χ0n) is 18.4. The van der Waals surface area contributed by atoms with E-state index in [1.807, 2.05) is 85.8 Å². The second-order valence-corrected chi connectivity index (χ2v) is 8.34. The molecule has 8 heteroatoms. The number of aromatic nitrogens is 3. The topological polar surface area (TPSA) is 81.1 Å². The molecule has 0 saturated carbocycles. The highest BCUT2D eigenvalue weighted by Crippen LogP contribution is 2.36. The number of allylic oxidation sites excluding steroid dienone is 1. The number of carbonyl (C=O) groups is 1. The minimum Gasteiger partial charge on any atom is -0.489 e. The molecule has 2 N–H and O–H groups in total. The monoisotopic (exact) mass is 471 g/mol. The molecule has 1 atom stereocenters. The lowest BCUT2D eigenvalue weighted by Crippen LogP contribution is -2.31. The van der Waals surface area contributed by atoms with Crippen LogP contribution in [0.2, 0.25) is 5.02 Å². The van der Waals surface area contributed by atoms with Crippen LogP contribution in [0.5, 0.6) is 5.75 Å². The Kier molecular flexibility index (Phi) is 6.01. The number of benzene rings is 3. The molecule has 3 aromatic carbocycles. The second kappa shape index (κ2) is 9.41.